The van der Waals surface area contributed by atoms with E-state index in [1.807, 2.05) is 0 Å². The lowest BCUT2D eigenvalue weighted by Crippen LogP contribution is -2.05. The first-order valence-corrected chi connectivity index (χ1v) is 7.94. The van der Waals surface area contributed by atoms with E-state index in [1.165, 1.54) is 28.5 Å². The molecule has 1 N–H and O–H groups in total. The number of hydrogen-bond acceptors (Lipinski definition) is 2. The Morgan fingerprint density at radius 1 is 1.35 bits per heavy atom. The van der Waals surface area contributed by atoms with Crippen LogP contribution in [0.5, 0.6) is 0 Å². The van der Waals surface area contributed by atoms with Crippen molar-refractivity contribution in [1.29, 1.82) is 0 Å². The van der Waals surface area contributed by atoms with Crippen molar-refractivity contribution in [2.45, 2.75) is 19.4 Å². The lowest BCUT2D eigenvalue weighted by Gasteiger charge is -2.14. The Morgan fingerprint density at radius 2 is 2.20 bits per heavy atom. The Kier molecular flexibility index (Phi) is 3.72. The van der Waals surface area contributed by atoms with Crippen LogP contribution in [0.15, 0.2) is 42.5 Å². The molecule has 0 unspecified atom stereocenters. The van der Waals surface area contributed by atoms with Gasteiger partial charge in [0.15, 0.2) is 0 Å². The maximum Gasteiger partial charge on any atom is 0.0525 e. The predicted molar refractivity (Wildman–Crippen MR) is 88.0 cm³/mol. The number of aromatic nitrogens is 1. The molecule has 3 heteroatoms. The minimum Gasteiger partial charge on any atom is -0.396 e. The SMILES string of the molecule is C=C(SCCO)C(=C)c1cn2c3c(cccc13)CCC2. The predicted octanol–water partition coefficient (Wildman–Crippen LogP) is 3.84. The third-order valence-corrected chi connectivity index (χ3v) is 4.84. The zero-order valence-corrected chi connectivity index (χ0v) is 12.4. The normalized spacial score (nSPS) is 13.7. The van der Waals surface area contributed by atoms with Crippen LogP contribution in [0.25, 0.3) is 16.5 Å². The van der Waals surface area contributed by atoms with Gasteiger partial charge in [-0.25, -0.2) is 0 Å². The van der Waals surface area contributed by atoms with E-state index in [-0.39, 0.29) is 6.61 Å². The van der Waals surface area contributed by atoms with Crippen LogP contribution in [0, 0.1) is 0 Å². The van der Waals surface area contributed by atoms with Gasteiger partial charge in [-0.3, -0.25) is 0 Å². The van der Waals surface area contributed by atoms with Gasteiger partial charge in [0.1, 0.15) is 0 Å². The van der Waals surface area contributed by atoms with Crippen molar-refractivity contribution in [2.24, 2.45) is 0 Å². The number of allylic oxidation sites excluding steroid dienone is 1. The first kappa shape index (κ1) is 13.5. The van der Waals surface area contributed by atoms with Crippen LogP contribution >= 0.6 is 11.8 Å². The van der Waals surface area contributed by atoms with Crippen LogP contribution in [0.2, 0.25) is 0 Å². The molecule has 20 heavy (non-hydrogen) atoms. The molecule has 2 heterocycles. The summed E-state index contributed by atoms with van der Waals surface area (Å²) in [5.74, 6) is 0.668. The lowest BCUT2D eigenvalue weighted by atomic mass is 10.0. The van der Waals surface area contributed by atoms with E-state index < -0.39 is 0 Å². The summed E-state index contributed by atoms with van der Waals surface area (Å²) < 4.78 is 2.35. The molecule has 1 aliphatic heterocycles. The van der Waals surface area contributed by atoms with E-state index in [1.54, 1.807) is 11.8 Å². The topological polar surface area (TPSA) is 25.2 Å². The van der Waals surface area contributed by atoms with Gasteiger partial charge in [-0.2, -0.15) is 0 Å². The van der Waals surface area contributed by atoms with Gasteiger partial charge in [0.05, 0.1) is 12.1 Å². The van der Waals surface area contributed by atoms with Crippen molar-refractivity contribution in [1.82, 2.24) is 4.57 Å². The molecular weight excluding hydrogens is 266 g/mol. The Balaban J connectivity index is 2.03. The van der Waals surface area contributed by atoms with E-state index in [2.05, 4.69) is 42.1 Å². The Hall–Kier alpha value is -1.45. The molecule has 104 valence electrons. The number of aliphatic hydroxyl groups excluding tert-OH is 1. The fourth-order valence-corrected chi connectivity index (χ4v) is 3.52. The summed E-state index contributed by atoms with van der Waals surface area (Å²) in [6.07, 6.45) is 4.57. The monoisotopic (exact) mass is 285 g/mol. The second kappa shape index (κ2) is 5.51. The molecule has 0 aliphatic carbocycles. The lowest BCUT2D eigenvalue weighted by molar-refractivity contribution is 0.322. The van der Waals surface area contributed by atoms with Gasteiger partial charge in [0, 0.05) is 34.3 Å². The summed E-state index contributed by atoms with van der Waals surface area (Å²) in [5.41, 5.74) is 4.95. The molecule has 1 aromatic carbocycles. The Bertz CT molecular complexity index is 684. The molecule has 0 spiro atoms. The third-order valence-electron chi connectivity index (χ3n) is 3.86. The third kappa shape index (κ3) is 2.21. The van der Waals surface area contributed by atoms with Crippen LogP contribution in [0.4, 0.5) is 0 Å². The largest absolute Gasteiger partial charge is 0.396 e. The number of aryl methyl sites for hydroxylation is 2. The van der Waals surface area contributed by atoms with Crippen LogP contribution in [0.1, 0.15) is 17.5 Å². The highest BCUT2D eigenvalue weighted by Crippen LogP contribution is 2.37. The quantitative estimate of drug-likeness (QED) is 0.844. The number of thioether (sulfide) groups is 1. The highest BCUT2D eigenvalue weighted by Gasteiger charge is 2.18. The molecule has 1 aliphatic rings. The number of benzene rings is 1. The van der Waals surface area contributed by atoms with Gasteiger partial charge in [0.25, 0.3) is 0 Å². The molecule has 0 saturated heterocycles. The maximum absolute atomic E-state index is 8.93. The maximum atomic E-state index is 8.93. The standard InChI is InChI=1S/C17H19NOS/c1-12(13(2)20-10-9-19)16-11-18-8-4-6-14-5-3-7-15(16)17(14)18/h3,5,7,11,19H,1-2,4,6,8-10H2. The Morgan fingerprint density at radius 3 is 3.00 bits per heavy atom. The summed E-state index contributed by atoms with van der Waals surface area (Å²) in [6.45, 7) is 9.55. The van der Waals surface area contributed by atoms with Crippen molar-refractivity contribution < 1.29 is 5.11 Å². The highest BCUT2D eigenvalue weighted by atomic mass is 32.2. The van der Waals surface area contributed by atoms with Crippen LogP contribution in [0.3, 0.4) is 0 Å². The molecule has 0 atom stereocenters. The first-order chi connectivity index (χ1) is 9.72. The smallest absolute Gasteiger partial charge is 0.0525 e. The van der Waals surface area contributed by atoms with E-state index in [0.717, 1.165) is 23.4 Å². The summed E-state index contributed by atoms with van der Waals surface area (Å²) >= 11 is 1.57. The minimum absolute atomic E-state index is 0.170. The van der Waals surface area contributed by atoms with Crippen LogP contribution in [-0.4, -0.2) is 22.0 Å². The molecule has 3 rings (SSSR count). The second-order valence-electron chi connectivity index (χ2n) is 5.13. The second-order valence-corrected chi connectivity index (χ2v) is 6.32. The average molecular weight is 285 g/mol. The molecule has 0 bridgehead atoms. The van der Waals surface area contributed by atoms with E-state index >= 15 is 0 Å². The molecule has 0 fully saturated rings. The molecule has 2 nitrogen and oxygen atoms in total. The fourth-order valence-electron chi connectivity index (χ4n) is 2.90. The molecular formula is C17H19NOS. The van der Waals surface area contributed by atoms with E-state index in [4.69, 9.17) is 5.11 Å². The van der Waals surface area contributed by atoms with E-state index in [0.29, 0.717) is 5.75 Å². The van der Waals surface area contributed by atoms with Gasteiger partial charge in [0.2, 0.25) is 0 Å². The van der Waals surface area contributed by atoms with Crippen LogP contribution < -0.4 is 0 Å². The van der Waals surface area contributed by atoms with Crippen molar-refractivity contribution >= 4 is 28.2 Å². The van der Waals surface area contributed by atoms with Crippen LogP contribution in [-0.2, 0) is 13.0 Å². The van der Waals surface area contributed by atoms with Crippen molar-refractivity contribution in [2.75, 3.05) is 12.4 Å². The molecule has 1 aromatic heterocycles. The van der Waals surface area contributed by atoms with Gasteiger partial charge < -0.3 is 9.67 Å². The highest BCUT2D eigenvalue weighted by molar-refractivity contribution is 8.03. The number of aliphatic hydroxyl groups is 1. The number of hydrogen-bond donors (Lipinski definition) is 1. The van der Waals surface area contributed by atoms with Gasteiger partial charge in [-0.05, 0) is 24.0 Å². The average Bonchev–Trinajstić information content (AvgIpc) is 2.85. The summed E-state index contributed by atoms with van der Waals surface area (Å²) in [5, 5.41) is 10.2. The zero-order chi connectivity index (χ0) is 14.1. The molecule has 0 saturated carbocycles. The minimum atomic E-state index is 0.170. The van der Waals surface area contributed by atoms with Gasteiger partial charge in [-0.1, -0.05) is 31.4 Å². The van der Waals surface area contributed by atoms with Crippen molar-refractivity contribution in [3.05, 3.63) is 53.6 Å². The van der Waals surface area contributed by atoms with Crippen molar-refractivity contribution in [3.63, 3.8) is 0 Å². The number of nitrogens with zero attached hydrogens (tertiary/aromatic N) is 1. The van der Waals surface area contributed by atoms with Gasteiger partial charge in [-0.15, -0.1) is 11.8 Å². The zero-order valence-electron chi connectivity index (χ0n) is 11.6. The van der Waals surface area contributed by atoms with Crippen molar-refractivity contribution in [3.8, 4) is 0 Å². The first-order valence-electron chi connectivity index (χ1n) is 6.95. The molecule has 0 amide bonds. The Labute approximate surface area is 123 Å². The van der Waals surface area contributed by atoms with Gasteiger partial charge >= 0.3 is 0 Å². The number of rotatable bonds is 5. The fraction of sp³-hybridized carbons (Fsp3) is 0.294. The molecule has 0 radical (unpaired) electrons. The molecule has 2 aromatic rings. The number of para-hydroxylation sites is 1. The van der Waals surface area contributed by atoms with E-state index in [9.17, 15) is 0 Å². The summed E-state index contributed by atoms with van der Waals surface area (Å²) in [4.78, 5) is 0.947. The summed E-state index contributed by atoms with van der Waals surface area (Å²) in [7, 11) is 0. The summed E-state index contributed by atoms with van der Waals surface area (Å²) in [6, 6.07) is 6.53.